The third kappa shape index (κ3) is 39.7. The normalized spacial score (nSPS) is 24.3. The molecule has 0 bridgehead atoms. The minimum Gasteiger partial charge on any atom is -0.457 e. The van der Waals surface area contributed by atoms with E-state index in [2.05, 4.69) is 135 Å². The van der Waals surface area contributed by atoms with Crippen LogP contribution >= 0.6 is 0 Å². The maximum absolute atomic E-state index is 13.1. The number of allylic oxidation sites excluding steroid dienone is 20. The quantitative estimate of drug-likeness (QED) is 0.0172. The van der Waals surface area contributed by atoms with Gasteiger partial charge in [0.2, 0.25) is 0 Å². The van der Waals surface area contributed by atoms with Gasteiger partial charge in [0, 0.05) is 13.0 Å². The first kappa shape index (κ1) is 75.5. The molecule has 0 aliphatic carbocycles. The highest BCUT2D eigenvalue weighted by atomic mass is 16.7. The van der Waals surface area contributed by atoms with Crippen LogP contribution in [-0.4, -0.2) is 142 Å². The van der Waals surface area contributed by atoms with Crippen molar-refractivity contribution < 1.29 is 69.0 Å². The van der Waals surface area contributed by atoms with E-state index < -0.39 is 86.7 Å². The molecular weight excluding hydrogens is 1050 g/mol. The molecule has 83 heavy (non-hydrogen) atoms. The number of rotatable bonds is 51. The smallest absolute Gasteiger partial charge is 0.306 e. The first-order chi connectivity index (χ1) is 40.6. The van der Waals surface area contributed by atoms with Gasteiger partial charge in [-0.15, -0.1) is 0 Å². The summed E-state index contributed by atoms with van der Waals surface area (Å²) in [6.07, 6.45) is 59.7. The van der Waals surface area contributed by atoms with Crippen LogP contribution in [-0.2, 0) is 33.2 Å². The molecule has 0 amide bonds. The van der Waals surface area contributed by atoms with E-state index in [4.69, 9.17) is 28.4 Å². The predicted molar refractivity (Wildman–Crippen MR) is 334 cm³/mol. The monoisotopic (exact) mass is 1170 g/mol. The zero-order chi connectivity index (χ0) is 60.1. The lowest BCUT2D eigenvalue weighted by Gasteiger charge is -2.42. The molecule has 2 aliphatic heterocycles. The lowest BCUT2D eigenvalue weighted by Crippen LogP contribution is -2.61. The van der Waals surface area contributed by atoms with Gasteiger partial charge in [0.15, 0.2) is 12.6 Å². The number of hydrogen-bond acceptors (Lipinski definition) is 14. The van der Waals surface area contributed by atoms with Crippen LogP contribution in [0, 0.1) is 0 Å². The number of carbonyl (C=O) groups is 1. The topological polar surface area (TPSA) is 214 Å². The average Bonchev–Trinajstić information content (AvgIpc) is 3.67. The van der Waals surface area contributed by atoms with E-state index in [1.807, 2.05) is 0 Å². The van der Waals surface area contributed by atoms with Crippen molar-refractivity contribution in [2.45, 2.75) is 274 Å². The summed E-state index contributed by atoms with van der Waals surface area (Å²) >= 11 is 0. The predicted octanol–water partition coefficient (Wildman–Crippen LogP) is 12.9. The molecule has 0 aromatic rings. The van der Waals surface area contributed by atoms with Crippen molar-refractivity contribution in [1.82, 2.24) is 0 Å². The van der Waals surface area contributed by atoms with Crippen molar-refractivity contribution in [3.63, 3.8) is 0 Å². The highest BCUT2D eigenvalue weighted by Crippen LogP contribution is 2.27. The summed E-state index contributed by atoms with van der Waals surface area (Å²) in [5.74, 6) is -0.413. The molecule has 14 nitrogen and oxygen atoms in total. The van der Waals surface area contributed by atoms with Gasteiger partial charge in [0.25, 0.3) is 0 Å². The second-order valence-electron chi connectivity index (χ2n) is 21.8. The Morgan fingerprint density at radius 1 is 0.410 bits per heavy atom. The maximum atomic E-state index is 13.1. The molecule has 2 saturated heterocycles. The lowest BCUT2D eigenvalue weighted by atomic mass is 9.98. The number of carbonyl (C=O) groups excluding carboxylic acids is 1. The molecule has 0 spiro atoms. The molecule has 11 atom stereocenters. The maximum Gasteiger partial charge on any atom is 0.306 e. The van der Waals surface area contributed by atoms with Crippen LogP contribution < -0.4 is 0 Å². The molecule has 11 unspecified atom stereocenters. The van der Waals surface area contributed by atoms with Crippen molar-refractivity contribution in [3.05, 3.63) is 122 Å². The standard InChI is InChI=1S/C69H114O14/c1-3-5-7-9-11-13-15-17-19-21-23-25-27-29-30-32-34-36-38-40-42-44-46-48-50-52-61(71)81-58(56-79-68-67(77)65(75)63(73)60(83-68)57-80-69-66(76)64(74)62(72)59(54-70)82-69)55-78-53-51-49-47-45-43-41-39-37-35-33-31-28-26-24-22-20-18-16-14-12-10-8-6-4-2/h5,7,11,13,16-19,22-25,28-31,34,36,40,42,58-60,62-70,72-77H,3-4,6,8-10,12,14-15,20-21,26-27,32-33,35,37-39,41,43-57H2,1-2H3/b7-5-,13-11-,18-16-,19-17-,24-22-,25-23-,30-29-,31-28-,36-34-,42-40-. The summed E-state index contributed by atoms with van der Waals surface area (Å²) in [5, 5.41) is 72.5. The van der Waals surface area contributed by atoms with Gasteiger partial charge in [-0.25, -0.2) is 0 Å². The Morgan fingerprint density at radius 3 is 1.23 bits per heavy atom. The molecule has 2 rings (SSSR count). The van der Waals surface area contributed by atoms with Gasteiger partial charge in [-0.3, -0.25) is 4.79 Å². The summed E-state index contributed by atoms with van der Waals surface area (Å²) in [7, 11) is 0. The van der Waals surface area contributed by atoms with E-state index in [-0.39, 0.29) is 19.6 Å². The number of unbranched alkanes of at least 4 members (excludes halogenated alkanes) is 17. The number of aliphatic hydroxyl groups excluding tert-OH is 7. The molecule has 14 heteroatoms. The molecule has 0 saturated carbocycles. The third-order valence-corrected chi connectivity index (χ3v) is 14.5. The zero-order valence-corrected chi connectivity index (χ0v) is 51.1. The van der Waals surface area contributed by atoms with E-state index in [0.717, 1.165) is 103 Å². The van der Waals surface area contributed by atoms with E-state index in [1.165, 1.54) is 77.0 Å². The fraction of sp³-hybridized carbons (Fsp3) is 0.696. The first-order valence-corrected chi connectivity index (χ1v) is 32.1. The van der Waals surface area contributed by atoms with E-state index >= 15 is 0 Å². The van der Waals surface area contributed by atoms with Gasteiger partial charge in [0.1, 0.15) is 54.9 Å². The molecule has 2 heterocycles. The number of aliphatic hydroxyl groups is 7. The van der Waals surface area contributed by atoms with Gasteiger partial charge >= 0.3 is 5.97 Å². The van der Waals surface area contributed by atoms with Crippen LogP contribution in [0.15, 0.2) is 122 Å². The molecule has 2 fully saturated rings. The van der Waals surface area contributed by atoms with Crippen LogP contribution in [0.3, 0.4) is 0 Å². The van der Waals surface area contributed by atoms with Crippen LogP contribution in [0.1, 0.15) is 206 Å². The Kier molecular flexibility index (Phi) is 49.0. The largest absolute Gasteiger partial charge is 0.457 e. The minimum atomic E-state index is -1.72. The van der Waals surface area contributed by atoms with E-state index in [1.54, 1.807) is 0 Å². The van der Waals surface area contributed by atoms with Crippen molar-refractivity contribution in [2.24, 2.45) is 0 Å². The van der Waals surface area contributed by atoms with E-state index in [0.29, 0.717) is 13.0 Å². The number of esters is 1. The van der Waals surface area contributed by atoms with Gasteiger partial charge in [-0.05, 0) is 109 Å². The Bertz CT molecular complexity index is 1830. The Hall–Kier alpha value is -3.61. The van der Waals surface area contributed by atoms with Crippen LogP contribution in [0.4, 0.5) is 0 Å². The highest BCUT2D eigenvalue weighted by Gasteiger charge is 2.47. The fourth-order valence-electron chi connectivity index (χ4n) is 9.33. The molecule has 7 N–H and O–H groups in total. The lowest BCUT2D eigenvalue weighted by molar-refractivity contribution is -0.332. The summed E-state index contributed by atoms with van der Waals surface area (Å²) < 4.78 is 34.4. The van der Waals surface area contributed by atoms with Gasteiger partial charge in [0.05, 0.1) is 26.4 Å². The van der Waals surface area contributed by atoms with Crippen LogP contribution in [0.2, 0.25) is 0 Å². The molecule has 0 aromatic carbocycles. The molecular formula is C69H114O14. The third-order valence-electron chi connectivity index (χ3n) is 14.5. The van der Waals surface area contributed by atoms with Crippen molar-refractivity contribution in [3.8, 4) is 0 Å². The minimum absolute atomic E-state index is 0.0355. The van der Waals surface area contributed by atoms with Gasteiger partial charge in [-0.1, -0.05) is 212 Å². The second-order valence-corrected chi connectivity index (χ2v) is 21.8. The Labute approximate surface area is 501 Å². The Balaban J connectivity index is 1.71. The van der Waals surface area contributed by atoms with E-state index in [9.17, 15) is 40.5 Å². The second kappa shape index (κ2) is 53.8. The van der Waals surface area contributed by atoms with Crippen molar-refractivity contribution >= 4 is 5.97 Å². The number of ether oxygens (including phenoxy) is 6. The van der Waals surface area contributed by atoms with Crippen LogP contribution in [0.25, 0.3) is 0 Å². The molecule has 474 valence electrons. The zero-order valence-electron chi connectivity index (χ0n) is 51.1. The average molecular weight is 1170 g/mol. The summed E-state index contributed by atoms with van der Waals surface area (Å²) in [6, 6.07) is 0. The first-order valence-electron chi connectivity index (χ1n) is 32.1. The summed E-state index contributed by atoms with van der Waals surface area (Å²) in [4.78, 5) is 13.1. The fourth-order valence-corrected chi connectivity index (χ4v) is 9.33. The summed E-state index contributed by atoms with van der Waals surface area (Å²) in [6.45, 7) is 3.50. The Morgan fingerprint density at radius 2 is 0.783 bits per heavy atom. The van der Waals surface area contributed by atoms with Gasteiger partial charge < -0.3 is 64.2 Å². The highest BCUT2D eigenvalue weighted by molar-refractivity contribution is 5.69. The van der Waals surface area contributed by atoms with Crippen molar-refractivity contribution in [2.75, 3.05) is 33.0 Å². The SMILES string of the molecule is CC/C=C\C/C=C\C/C=C\C/C=C\C/C=C\C/C=C\C/C=C\CCCCCC(=O)OC(COCCCCCCCCCCC/C=C\C/C=C\C/C=C\CCCCCCC)COC1OC(COC2OC(CO)C(O)C(O)C2O)C(O)C(O)C1O. The molecule has 0 aromatic heterocycles. The molecule has 2 aliphatic rings. The summed E-state index contributed by atoms with van der Waals surface area (Å²) in [5.41, 5.74) is 0. The van der Waals surface area contributed by atoms with Crippen LogP contribution in [0.5, 0.6) is 0 Å². The molecule has 0 radical (unpaired) electrons. The number of hydrogen-bond donors (Lipinski definition) is 7. The van der Waals surface area contributed by atoms with Gasteiger partial charge in [-0.2, -0.15) is 0 Å². The van der Waals surface area contributed by atoms with Crippen molar-refractivity contribution in [1.29, 1.82) is 0 Å².